The molecule has 2 saturated heterocycles. The van der Waals surface area contributed by atoms with Crippen molar-refractivity contribution in [3.05, 3.63) is 54.2 Å². The van der Waals surface area contributed by atoms with E-state index >= 15 is 0 Å². The SMILES string of the molecule is CO[C@@H]1CCN(C(=O)Cc2ccco2)[C@H]2CN(Cc3cccnc3)C[C@@H]12. The summed E-state index contributed by atoms with van der Waals surface area (Å²) in [5.41, 5.74) is 1.20. The molecule has 6 heteroatoms. The van der Waals surface area contributed by atoms with Crippen LogP contribution >= 0.6 is 0 Å². The third kappa shape index (κ3) is 3.52. The molecule has 2 aliphatic heterocycles. The van der Waals surface area contributed by atoms with Gasteiger partial charge in [0.2, 0.25) is 5.91 Å². The fourth-order valence-electron chi connectivity index (χ4n) is 4.38. The number of nitrogens with zero attached hydrogens (tertiary/aromatic N) is 3. The second-order valence-corrected chi connectivity index (χ2v) is 7.19. The zero-order chi connectivity index (χ0) is 17.9. The van der Waals surface area contributed by atoms with Gasteiger partial charge in [0.1, 0.15) is 5.76 Å². The quantitative estimate of drug-likeness (QED) is 0.821. The van der Waals surface area contributed by atoms with Crippen molar-refractivity contribution in [1.29, 1.82) is 0 Å². The van der Waals surface area contributed by atoms with Crippen molar-refractivity contribution in [2.75, 3.05) is 26.7 Å². The van der Waals surface area contributed by atoms with E-state index in [4.69, 9.17) is 9.15 Å². The first-order valence-corrected chi connectivity index (χ1v) is 9.20. The highest BCUT2D eigenvalue weighted by Crippen LogP contribution is 2.33. The van der Waals surface area contributed by atoms with Gasteiger partial charge in [-0.15, -0.1) is 0 Å². The van der Waals surface area contributed by atoms with Gasteiger partial charge < -0.3 is 14.1 Å². The molecule has 0 bridgehead atoms. The van der Waals surface area contributed by atoms with Gasteiger partial charge in [-0.3, -0.25) is 14.7 Å². The number of aromatic nitrogens is 1. The first-order chi connectivity index (χ1) is 12.7. The molecule has 2 aliphatic rings. The Morgan fingerprint density at radius 2 is 2.27 bits per heavy atom. The molecule has 4 rings (SSSR count). The van der Waals surface area contributed by atoms with Gasteiger partial charge in [0.05, 0.1) is 24.8 Å². The summed E-state index contributed by atoms with van der Waals surface area (Å²) in [7, 11) is 1.78. The Hall–Kier alpha value is -2.18. The third-order valence-corrected chi connectivity index (χ3v) is 5.60. The number of fused-ring (bicyclic) bond motifs is 1. The second kappa shape index (κ2) is 7.60. The van der Waals surface area contributed by atoms with E-state index < -0.39 is 0 Å². The number of rotatable bonds is 5. The molecule has 3 atom stereocenters. The molecule has 0 saturated carbocycles. The molecule has 0 unspecified atom stereocenters. The lowest BCUT2D eigenvalue weighted by Gasteiger charge is -2.41. The fraction of sp³-hybridized carbons (Fsp3) is 0.500. The molecular weight excluding hydrogens is 330 g/mol. The minimum atomic E-state index is 0.146. The number of methoxy groups -OCH3 is 1. The molecule has 138 valence electrons. The smallest absolute Gasteiger partial charge is 0.230 e. The number of carbonyl (C=O) groups is 1. The summed E-state index contributed by atoms with van der Waals surface area (Å²) in [6, 6.07) is 7.96. The molecule has 2 aromatic rings. The van der Waals surface area contributed by atoms with Crippen LogP contribution < -0.4 is 0 Å². The van der Waals surface area contributed by atoms with Gasteiger partial charge in [0.15, 0.2) is 0 Å². The average Bonchev–Trinajstić information content (AvgIpc) is 3.31. The highest BCUT2D eigenvalue weighted by molar-refractivity contribution is 5.78. The molecule has 1 amide bonds. The van der Waals surface area contributed by atoms with Crippen molar-refractivity contribution < 1.29 is 13.9 Å². The van der Waals surface area contributed by atoms with Crippen LogP contribution in [0.1, 0.15) is 17.7 Å². The predicted octanol–water partition coefficient (Wildman–Crippen LogP) is 1.96. The Morgan fingerprint density at radius 3 is 3.00 bits per heavy atom. The summed E-state index contributed by atoms with van der Waals surface area (Å²) in [4.78, 5) is 21.5. The summed E-state index contributed by atoms with van der Waals surface area (Å²) >= 11 is 0. The van der Waals surface area contributed by atoms with Gasteiger partial charge in [-0.25, -0.2) is 0 Å². The number of hydrogen-bond donors (Lipinski definition) is 0. The van der Waals surface area contributed by atoms with Crippen molar-refractivity contribution in [1.82, 2.24) is 14.8 Å². The van der Waals surface area contributed by atoms with E-state index in [2.05, 4.69) is 16.0 Å². The Morgan fingerprint density at radius 1 is 1.35 bits per heavy atom. The Labute approximate surface area is 153 Å². The number of furan rings is 1. The van der Waals surface area contributed by atoms with E-state index in [9.17, 15) is 4.79 Å². The van der Waals surface area contributed by atoms with Gasteiger partial charge in [-0.1, -0.05) is 6.07 Å². The molecule has 0 radical (unpaired) electrons. The molecule has 0 aliphatic carbocycles. The summed E-state index contributed by atoms with van der Waals surface area (Å²) in [5.74, 6) is 1.23. The van der Waals surface area contributed by atoms with E-state index in [0.29, 0.717) is 12.3 Å². The summed E-state index contributed by atoms with van der Waals surface area (Å²) in [6.07, 6.45) is 6.76. The van der Waals surface area contributed by atoms with Crippen molar-refractivity contribution in [2.24, 2.45) is 5.92 Å². The van der Waals surface area contributed by atoms with E-state index in [1.165, 1.54) is 5.56 Å². The van der Waals surface area contributed by atoms with Crippen molar-refractivity contribution in [3.8, 4) is 0 Å². The third-order valence-electron chi connectivity index (χ3n) is 5.60. The summed E-state index contributed by atoms with van der Waals surface area (Å²) in [5, 5.41) is 0. The molecule has 2 fully saturated rings. The highest BCUT2D eigenvalue weighted by atomic mass is 16.5. The zero-order valence-corrected chi connectivity index (χ0v) is 15.1. The van der Waals surface area contributed by atoms with Crippen LogP contribution in [-0.4, -0.2) is 59.6 Å². The Balaban J connectivity index is 1.47. The Kier molecular flexibility index (Phi) is 5.04. The summed E-state index contributed by atoms with van der Waals surface area (Å²) < 4.78 is 11.1. The van der Waals surface area contributed by atoms with Crippen LogP contribution in [0.15, 0.2) is 47.3 Å². The standard InChI is InChI=1S/C20H25N3O3/c1-25-19-6-8-23(20(24)10-16-5-3-9-26-16)18-14-22(13-17(18)19)12-15-4-2-7-21-11-15/h2-5,7,9,11,17-19H,6,8,10,12-14H2,1H3/t17-,18+,19-/m1/s1. The van der Waals surface area contributed by atoms with Crippen molar-refractivity contribution >= 4 is 5.91 Å². The van der Waals surface area contributed by atoms with Gasteiger partial charge in [-0.2, -0.15) is 0 Å². The molecule has 2 aromatic heterocycles. The predicted molar refractivity (Wildman–Crippen MR) is 96.3 cm³/mol. The molecule has 0 spiro atoms. The minimum Gasteiger partial charge on any atom is -0.469 e. The van der Waals surface area contributed by atoms with Crippen LogP contribution in [0.2, 0.25) is 0 Å². The Bertz CT molecular complexity index is 719. The maximum Gasteiger partial charge on any atom is 0.230 e. The molecule has 4 heterocycles. The first-order valence-electron chi connectivity index (χ1n) is 9.20. The molecule has 0 aromatic carbocycles. The van der Waals surface area contributed by atoms with Gasteiger partial charge >= 0.3 is 0 Å². The zero-order valence-electron chi connectivity index (χ0n) is 15.1. The number of likely N-dealkylation sites (tertiary alicyclic amines) is 2. The van der Waals surface area contributed by atoms with Crippen molar-refractivity contribution in [3.63, 3.8) is 0 Å². The molecular formula is C20H25N3O3. The van der Waals surface area contributed by atoms with Crippen LogP contribution in [0.4, 0.5) is 0 Å². The fourth-order valence-corrected chi connectivity index (χ4v) is 4.38. The normalized spacial score (nSPS) is 26.0. The van der Waals surface area contributed by atoms with Crippen LogP contribution in [0.3, 0.4) is 0 Å². The molecule has 6 nitrogen and oxygen atoms in total. The lowest BCUT2D eigenvalue weighted by Crippen LogP contribution is -2.54. The monoisotopic (exact) mass is 355 g/mol. The number of amides is 1. The molecule has 26 heavy (non-hydrogen) atoms. The lowest BCUT2D eigenvalue weighted by molar-refractivity contribution is -0.138. The van der Waals surface area contributed by atoms with E-state index in [0.717, 1.165) is 38.4 Å². The number of hydrogen-bond acceptors (Lipinski definition) is 5. The molecule has 0 N–H and O–H groups in total. The van der Waals surface area contributed by atoms with Crippen LogP contribution in [0, 0.1) is 5.92 Å². The number of piperidine rings is 1. The minimum absolute atomic E-state index is 0.146. The number of pyridine rings is 1. The van der Waals surface area contributed by atoms with E-state index in [1.807, 2.05) is 29.3 Å². The van der Waals surface area contributed by atoms with Crippen molar-refractivity contribution in [2.45, 2.75) is 31.5 Å². The highest BCUT2D eigenvalue weighted by Gasteiger charge is 2.45. The van der Waals surface area contributed by atoms with E-state index in [-0.39, 0.29) is 18.1 Å². The van der Waals surface area contributed by atoms with Crippen LogP contribution in [0.5, 0.6) is 0 Å². The first kappa shape index (κ1) is 17.2. The average molecular weight is 355 g/mol. The second-order valence-electron chi connectivity index (χ2n) is 7.19. The maximum absolute atomic E-state index is 12.9. The number of carbonyl (C=O) groups excluding carboxylic acids is 1. The number of ether oxygens (including phenoxy) is 1. The summed E-state index contributed by atoms with van der Waals surface area (Å²) in [6.45, 7) is 3.43. The van der Waals surface area contributed by atoms with Crippen LogP contribution in [-0.2, 0) is 22.5 Å². The van der Waals surface area contributed by atoms with Gasteiger partial charge in [0.25, 0.3) is 0 Å². The van der Waals surface area contributed by atoms with E-state index in [1.54, 1.807) is 19.6 Å². The largest absolute Gasteiger partial charge is 0.469 e. The lowest BCUT2D eigenvalue weighted by atomic mass is 9.88. The van der Waals surface area contributed by atoms with Gasteiger partial charge in [0, 0.05) is 51.6 Å². The maximum atomic E-state index is 12.9. The van der Waals surface area contributed by atoms with Crippen LogP contribution in [0.25, 0.3) is 0 Å². The van der Waals surface area contributed by atoms with Gasteiger partial charge in [-0.05, 0) is 30.2 Å². The topological polar surface area (TPSA) is 58.8 Å².